The number of hydrogen-bond donors (Lipinski definition) is 1. The quantitative estimate of drug-likeness (QED) is 0.525. The average molecular weight is 591 g/mol. The molecule has 3 heterocycles. The Bertz CT molecular complexity index is 1070. The van der Waals surface area contributed by atoms with Gasteiger partial charge in [0.2, 0.25) is 5.91 Å². The molecule has 0 aromatic heterocycles. The van der Waals surface area contributed by atoms with Crippen molar-refractivity contribution in [2.24, 2.45) is 5.41 Å². The van der Waals surface area contributed by atoms with Gasteiger partial charge >= 0.3 is 18.2 Å². The molecule has 3 saturated heterocycles. The minimum absolute atomic E-state index is 0.0447. The highest BCUT2D eigenvalue weighted by Crippen LogP contribution is 2.58. The topological polar surface area (TPSA) is 109 Å². The van der Waals surface area contributed by atoms with Crippen molar-refractivity contribution in [1.29, 1.82) is 0 Å². The number of halogens is 3. The van der Waals surface area contributed by atoms with E-state index >= 15 is 0 Å². The summed E-state index contributed by atoms with van der Waals surface area (Å²) >= 11 is 0. The molecule has 0 aromatic carbocycles. The van der Waals surface area contributed by atoms with Gasteiger partial charge in [0, 0.05) is 32.8 Å². The van der Waals surface area contributed by atoms with Gasteiger partial charge < -0.3 is 34.0 Å². The first-order valence-corrected chi connectivity index (χ1v) is 14.5. The van der Waals surface area contributed by atoms with Gasteiger partial charge in [-0.15, -0.1) is 0 Å². The Balaban J connectivity index is 1.40. The molecule has 5 rings (SSSR count). The summed E-state index contributed by atoms with van der Waals surface area (Å²) in [7, 11) is -0.497. The first-order valence-electron chi connectivity index (χ1n) is 15.2. The number of hydrogen-bond acceptors (Lipinski definition) is 7. The van der Waals surface area contributed by atoms with Gasteiger partial charge in [-0.05, 0) is 72.1 Å². The Morgan fingerprint density at radius 2 is 1.76 bits per heavy atom. The molecule has 2 aliphatic carbocycles. The number of nitrogens with zero attached hydrogens (tertiary/aromatic N) is 3. The summed E-state index contributed by atoms with van der Waals surface area (Å²) in [5.74, 6) is -2.32. The number of carbonyl (C=O) groups is 3. The second-order valence-corrected chi connectivity index (χ2v) is 13.3. The monoisotopic (exact) mass is 590 g/mol. The first-order chi connectivity index (χ1) is 19.6. The van der Waals surface area contributed by atoms with Crippen LogP contribution in [0.25, 0.3) is 0 Å². The molecule has 5 aliphatic rings. The van der Waals surface area contributed by atoms with E-state index in [9.17, 15) is 32.7 Å². The third-order valence-electron chi connectivity index (χ3n) is 9.81. The number of carbonyl (C=O) groups excluding carboxylic acids is 3. The Hall–Kier alpha value is -2.12. The predicted octanol–water partition coefficient (Wildman–Crippen LogP) is 2.86. The van der Waals surface area contributed by atoms with E-state index in [-0.39, 0.29) is 70.0 Å². The van der Waals surface area contributed by atoms with Crippen molar-refractivity contribution in [2.75, 3.05) is 33.4 Å². The van der Waals surface area contributed by atoms with Gasteiger partial charge in [0.15, 0.2) is 0 Å². The van der Waals surface area contributed by atoms with Crippen molar-refractivity contribution >= 4 is 17.9 Å². The molecule has 3 amide bonds. The van der Waals surface area contributed by atoms with E-state index in [1.807, 2.05) is 0 Å². The van der Waals surface area contributed by atoms with Crippen LogP contribution in [-0.2, 0) is 23.8 Å². The van der Waals surface area contributed by atoms with E-state index in [0.717, 1.165) is 4.90 Å². The van der Waals surface area contributed by atoms with Crippen molar-refractivity contribution in [1.82, 2.24) is 14.7 Å². The van der Waals surface area contributed by atoms with E-state index in [0.29, 0.717) is 25.7 Å². The van der Waals surface area contributed by atoms with Crippen LogP contribution in [0.1, 0.15) is 73.5 Å². The van der Waals surface area contributed by atoms with Gasteiger partial charge in [0.05, 0.1) is 37.1 Å². The standard InChI is InChI=1S/C28H42F3N3O7/c1-25(2,3)41-24(37)33-15-18-12-19(33)14-32(18)22(35)26(27(38)8-5-9-27)10-6-17(13-26)34(23(36)28(29,30)31)20-7-11-40-16-21(20)39-4/h17-21,38H,5-16H2,1-4H3/t17-,18+,19+,20+,21-,26-/m1/s1/i4D. The lowest BCUT2D eigenvalue weighted by Gasteiger charge is -2.52. The molecule has 0 unspecified atom stereocenters. The summed E-state index contributed by atoms with van der Waals surface area (Å²) in [5.41, 5.74) is -3.40. The van der Waals surface area contributed by atoms with E-state index < -0.39 is 60.1 Å². The predicted molar refractivity (Wildman–Crippen MR) is 139 cm³/mol. The molecule has 10 nitrogen and oxygen atoms in total. The zero-order chi connectivity index (χ0) is 30.7. The molecular weight excluding hydrogens is 547 g/mol. The summed E-state index contributed by atoms with van der Waals surface area (Å²) in [5, 5.41) is 11.7. The second kappa shape index (κ2) is 10.6. The summed E-state index contributed by atoms with van der Waals surface area (Å²) in [6.07, 6.45) is -4.27. The van der Waals surface area contributed by atoms with E-state index in [4.69, 9.17) is 15.6 Å². The fraction of sp³-hybridized carbons (Fsp3) is 0.893. The number of methoxy groups -OCH3 is 1. The molecule has 0 radical (unpaired) electrons. The Labute approximate surface area is 239 Å². The van der Waals surface area contributed by atoms with Crippen LogP contribution in [0.2, 0.25) is 0 Å². The number of amides is 3. The highest BCUT2D eigenvalue weighted by atomic mass is 19.4. The molecule has 2 bridgehead atoms. The SMILES string of the molecule is [2H]CO[C@@H]1COCC[C@@H]1N(C(=O)C(F)(F)F)[C@@H]1CC[C@@](C(=O)N2C[C@@H]3C[C@H]2CN3C(=O)OC(C)(C)C)(C2(O)CCC2)C1. The smallest absolute Gasteiger partial charge is 0.444 e. The van der Waals surface area contributed by atoms with Crippen molar-refractivity contribution < 1.29 is 48.2 Å². The number of likely N-dealkylation sites (tertiary alicyclic amines) is 2. The number of piperazine rings is 1. The van der Waals surface area contributed by atoms with Crippen LogP contribution in [0, 0.1) is 5.41 Å². The van der Waals surface area contributed by atoms with Crippen LogP contribution in [0.5, 0.6) is 0 Å². The maximum atomic E-state index is 14.4. The van der Waals surface area contributed by atoms with Crippen molar-refractivity contribution in [3.8, 4) is 0 Å². The van der Waals surface area contributed by atoms with Gasteiger partial charge in [0.1, 0.15) is 11.7 Å². The summed E-state index contributed by atoms with van der Waals surface area (Å²) < 4.78 is 65.6. The molecule has 232 valence electrons. The highest BCUT2D eigenvalue weighted by Gasteiger charge is 2.65. The lowest BCUT2D eigenvalue weighted by atomic mass is 9.59. The van der Waals surface area contributed by atoms with Crippen LogP contribution in [0.4, 0.5) is 18.0 Å². The number of ether oxygens (including phenoxy) is 3. The summed E-state index contributed by atoms with van der Waals surface area (Å²) in [4.78, 5) is 44.2. The van der Waals surface area contributed by atoms with Gasteiger partial charge in [-0.25, -0.2) is 4.79 Å². The molecule has 41 heavy (non-hydrogen) atoms. The maximum absolute atomic E-state index is 14.4. The minimum atomic E-state index is -5.15. The van der Waals surface area contributed by atoms with Crippen LogP contribution in [-0.4, -0.2) is 119 Å². The highest BCUT2D eigenvalue weighted by molar-refractivity contribution is 5.87. The molecule has 0 aromatic rings. The van der Waals surface area contributed by atoms with Crippen LogP contribution >= 0.6 is 0 Å². The maximum Gasteiger partial charge on any atom is 0.471 e. The van der Waals surface area contributed by atoms with E-state index in [1.54, 1.807) is 30.6 Å². The number of fused-ring (bicyclic) bond motifs is 2. The van der Waals surface area contributed by atoms with Crippen molar-refractivity contribution in [3.05, 3.63) is 0 Å². The third kappa shape index (κ3) is 5.30. The van der Waals surface area contributed by atoms with Crippen LogP contribution in [0.3, 0.4) is 0 Å². The lowest BCUT2D eigenvalue weighted by molar-refractivity contribution is -0.199. The summed E-state index contributed by atoms with van der Waals surface area (Å²) in [6.45, 7) is 5.98. The minimum Gasteiger partial charge on any atom is -0.444 e. The molecule has 1 N–H and O–H groups in total. The first kappa shape index (κ1) is 29.0. The average Bonchev–Trinajstić information content (AvgIpc) is 3.62. The second-order valence-electron chi connectivity index (χ2n) is 13.3. The fourth-order valence-corrected chi connectivity index (χ4v) is 7.71. The molecule has 2 saturated carbocycles. The Morgan fingerprint density at radius 1 is 1.07 bits per heavy atom. The van der Waals surface area contributed by atoms with Gasteiger partial charge in [0.25, 0.3) is 0 Å². The Morgan fingerprint density at radius 3 is 2.32 bits per heavy atom. The summed E-state index contributed by atoms with van der Waals surface area (Å²) in [6, 6.07) is -2.46. The Kier molecular flexibility index (Phi) is 7.46. The van der Waals surface area contributed by atoms with Gasteiger partial charge in [-0.1, -0.05) is 0 Å². The van der Waals surface area contributed by atoms with Crippen molar-refractivity contribution in [2.45, 2.75) is 120 Å². The van der Waals surface area contributed by atoms with Crippen molar-refractivity contribution in [3.63, 3.8) is 0 Å². The number of alkyl halides is 3. The van der Waals surface area contributed by atoms with Crippen LogP contribution < -0.4 is 0 Å². The zero-order valence-corrected chi connectivity index (χ0v) is 24.0. The zero-order valence-electron chi connectivity index (χ0n) is 25.0. The molecular formula is C28H42F3N3O7. The lowest BCUT2D eigenvalue weighted by Crippen LogP contribution is -2.64. The fourth-order valence-electron chi connectivity index (χ4n) is 7.71. The third-order valence-corrected chi connectivity index (χ3v) is 9.81. The van der Waals surface area contributed by atoms with Crippen LogP contribution in [0.15, 0.2) is 0 Å². The largest absolute Gasteiger partial charge is 0.471 e. The number of rotatable bonds is 5. The number of aliphatic hydroxyl groups is 1. The van der Waals surface area contributed by atoms with E-state index in [1.165, 1.54) is 0 Å². The van der Waals surface area contributed by atoms with Gasteiger partial charge in [-0.2, -0.15) is 13.2 Å². The van der Waals surface area contributed by atoms with Gasteiger partial charge in [-0.3, -0.25) is 9.59 Å². The normalized spacial score (nSPS) is 35.2. The molecule has 3 aliphatic heterocycles. The molecule has 6 atom stereocenters. The molecule has 0 spiro atoms. The molecule has 5 fully saturated rings. The molecule has 13 heteroatoms. The van der Waals surface area contributed by atoms with E-state index in [2.05, 4.69) is 0 Å².